The second-order valence-electron chi connectivity index (χ2n) is 8.83. The largest absolute Gasteiger partial charge is 0.281 e. The Labute approximate surface area is 187 Å². The highest BCUT2D eigenvalue weighted by Crippen LogP contribution is 2.26. The van der Waals surface area contributed by atoms with Gasteiger partial charge in [0, 0.05) is 5.56 Å². The van der Waals surface area contributed by atoms with E-state index in [1.54, 1.807) is 36.4 Å². The Bertz CT molecular complexity index is 1450. The summed E-state index contributed by atoms with van der Waals surface area (Å²) in [5, 5.41) is 0.328. The number of hydrogen-bond donors (Lipinski definition) is 1. The van der Waals surface area contributed by atoms with E-state index in [1.165, 1.54) is 12.1 Å². The molecule has 1 N–H and O–H groups in total. The zero-order valence-corrected chi connectivity index (χ0v) is 19.3. The number of para-hydroxylation sites is 1. The first kappa shape index (κ1) is 21.8. The van der Waals surface area contributed by atoms with Crippen molar-refractivity contribution in [3.63, 3.8) is 0 Å². The minimum Gasteiger partial charge on any atom is -0.267 e. The molecule has 0 bridgehead atoms. The average molecular weight is 448 g/mol. The van der Waals surface area contributed by atoms with Crippen molar-refractivity contribution in [2.45, 2.75) is 38.0 Å². The number of aryl methyl sites for hydroxylation is 1. The molecule has 0 aliphatic carbocycles. The van der Waals surface area contributed by atoms with Crippen LogP contribution in [0.15, 0.2) is 82.5 Å². The molecular weight excluding hydrogens is 422 g/mol. The quantitative estimate of drug-likeness (QED) is 0.496. The number of benzene rings is 3. The van der Waals surface area contributed by atoms with Crippen LogP contribution in [0.3, 0.4) is 0 Å². The van der Waals surface area contributed by atoms with Crippen molar-refractivity contribution in [2.75, 3.05) is 4.83 Å². The van der Waals surface area contributed by atoms with Crippen LogP contribution in [-0.4, -0.2) is 18.1 Å². The molecule has 0 aliphatic rings. The third-order valence-corrected chi connectivity index (χ3v) is 6.64. The molecule has 0 saturated carbocycles. The highest BCUT2D eigenvalue weighted by Gasteiger charge is 2.21. The monoisotopic (exact) mass is 447 g/mol. The van der Waals surface area contributed by atoms with Gasteiger partial charge in [0.25, 0.3) is 15.6 Å². The molecule has 0 radical (unpaired) electrons. The Balaban J connectivity index is 1.90. The van der Waals surface area contributed by atoms with Crippen LogP contribution in [0.5, 0.6) is 0 Å². The predicted octanol–water partition coefficient (Wildman–Crippen LogP) is 4.60. The summed E-state index contributed by atoms with van der Waals surface area (Å²) in [6.45, 7) is 8.21. The van der Waals surface area contributed by atoms with Crippen molar-refractivity contribution in [3.8, 4) is 11.4 Å². The van der Waals surface area contributed by atoms with Crippen molar-refractivity contribution in [1.29, 1.82) is 0 Å². The zero-order valence-electron chi connectivity index (χ0n) is 18.5. The smallest absolute Gasteiger partial charge is 0.267 e. The van der Waals surface area contributed by atoms with Crippen molar-refractivity contribution in [1.82, 2.24) is 9.66 Å². The fourth-order valence-electron chi connectivity index (χ4n) is 3.42. The number of hydrogen-bond acceptors (Lipinski definition) is 4. The van der Waals surface area contributed by atoms with E-state index in [2.05, 4.69) is 30.6 Å². The van der Waals surface area contributed by atoms with E-state index in [4.69, 9.17) is 0 Å². The molecule has 164 valence electrons. The normalized spacial score (nSPS) is 12.1. The Morgan fingerprint density at radius 2 is 1.50 bits per heavy atom. The molecular formula is C25H25N3O3S. The summed E-state index contributed by atoms with van der Waals surface area (Å²) in [6.07, 6.45) is 0. The molecule has 0 spiro atoms. The van der Waals surface area contributed by atoms with Gasteiger partial charge in [-0.05, 0) is 42.2 Å². The topological polar surface area (TPSA) is 81.1 Å². The first-order valence-corrected chi connectivity index (χ1v) is 11.8. The maximum absolute atomic E-state index is 13.3. The summed E-state index contributed by atoms with van der Waals surface area (Å²) in [5.41, 5.74) is 2.67. The summed E-state index contributed by atoms with van der Waals surface area (Å²) in [5.74, 6) is 0.227. The van der Waals surface area contributed by atoms with Crippen LogP contribution in [0.25, 0.3) is 22.3 Å². The van der Waals surface area contributed by atoms with Gasteiger partial charge in [-0.2, -0.15) is 13.1 Å². The number of rotatable bonds is 4. The van der Waals surface area contributed by atoms with Crippen molar-refractivity contribution in [2.24, 2.45) is 0 Å². The molecule has 1 heterocycles. The van der Waals surface area contributed by atoms with Crippen LogP contribution < -0.4 is 10.4 Å². The van der Waals surface area contributed by atoms with E-state index >= 15 is 0 Å². The number of nitrogens with one attached hydrogen (secondary N) is 1. The second kappa shape index (κ2) is 7.91. The van der Waals surface area contributed by atoms with Gasteiger partial charge in [-0.25, -0.2) is 9.82 Å². The summed E-state index contributed by atoms with van der Waals surface area (Å²) < 4.78 is 27.2. The number of fused-ring (bicyclic) bond motifs is 1. The molecule has 0 amide bonds. The van der Waals surface area contributed by atoms with Gasteiger partial charge in [0.05, 0.1) is 15.8 Å². The van der Waals surface area contributed by atoms with Crippen LogP contribution in [0.4, 0.5) is 0 Å². The van der Waals surface area contributed by atoms with Crippen LogP contribution in [0, 0.1) is 6.92 Å². The highest BCUT2D eigenvalue weighted by atomic mass is 32.2. The van der Waals surface area contributed by atoms with Gasteiger partial charge in [-0.15, -0.1) is 0 Å². The van der Waals surface area contributed by atoms with Gasteiger partial charge in [0.2, 0.25) is 0 Å². The lowest BCUT2D eigenvalue weighted by Gasteiger charge is -2.20. The van der Waals surface area contributed by atoms with Gasteiger partial charge in [-0.3, -0.25) is 4.79 Å². The standard InChI is InChI=1S/C25H25N3O3S/c1-17-9-15-20(16-10-17)32(30,31)27-28-23(18-11-13-19(14-12-18)25(2,3)4)26-22-8-6-5-7-21(22)24(28)29/h5-16,27H,1-4H3. The van der Waals surface area contributed by atoms with Crippen molar-refractivity contribution < 1.29 is 8.42 Å². The Morgan fingerprint density at radius 3 is 2.12 bits per heavy atom. The molecule has 3 aromatic carbocycles. The number of sulfonamides is 1. The predicted molar refractivity (Wildman–Crippen MR) is 128 cm³/mol. The summed E-state index contributed by atoms with van der Waals surface area (Å²) in [4.78, 5) is 20.4. The molecule has 6 nitrogen and oxygen atoms in total. The Kier molecular flexibility index (Phi) is 5.38. The third kappa shape index (κ3) is 4.16. The van der Waals surface area contributed by atoms with Crippen LogP contribution >= 0.6 is 0 Å². The van der Waals surface area contributed by atoms with Gasteiger partial charge < -0.3 is 0 Å². The minimum absolute atomic E-state index is 0.0396. The fourth-order valence-corrected chi connectivity index (χ4v) is 4.43. The number of aromatic nitrogens is 2. The van der Waals surface area contributed by atoms with E-state index in [9.17, 15) is 13.2 Å². The summed E-state index contributed by atoms with van der Waals surface area (Å²) >= 11 is 0. The molecule has 0 fully saturated rings. The Morgan fingerprint density at radius 1 is 0.875 bits per heavy atom. The summed E-state index contributed by atoms with van der Waals surface area (Å²) in [6, 6.07) is 21.0. The van der Waals surface area contributed by atoms with Gasteiger partial charge >= 0.3 is 0 Å². The number of nitrogens with zero attached hydrogens (tertiary/aromatic N) is 2. The average Bonchev–Trinajstić information content (AvgIpc) is 2.75. The molecule has 7 heteroatoms. The second-order valence-corrected chi connectivity index (χ2v) is 10.5. The van der Waals surface area contributed by atoms with Crippen LogP contribution in [-0.2, 0) is 15.4 Å². The first-order chi connectivity index (χ1) is 15.1. The molecule has 0 unspecified atom stereocenters. The lowest BCUT2D eigenvalue weighted by molar-refractivity contribution is 0.590. The minimum atomic E-state index is -4.01. The van der Waals surface area contributed by atoms with Crippen molar-refractivity contribution >= 4 is 20.9 Å². The molecule has 1 aromatic heterocycles. The first-order valence-electron chi connectivity index (χ1n) is 10.3. The maximum Gasteiger partial charge on any atom is 0.281 e. The van der Waals surface area contributed by atoms with Crippen LogP contribution in [0.2, 0.25) is 0 Å². The fraction of sp³-hybridized carbons (Fsp3) is 0.200. The molecule has 4 rings (SSSR count). The van der Waals surface area contributed by atoms with E-state index < -0.39 is 15.6 Å². The van der Waals surface area contributed by atoms with Gasteiger partial charge in [-0.1, -0.05) is 74.9 Å². The molecule has 32 heavy (non-hydrogen) atoms. The van der Waals surface area contributed by atoms with E-state index in [0.29, 0.717) is 16.5 Å². The summed E-state index contributed by atoms with van der Waals surface area (Å²) in [7, 11) is -4.01. The Hall–Kier alpha value is -3.45. The zero-order chi connectivity index (χ0) is 23.1. The SMILES string of the molecule is Cc1ccc(S(=O)(=O)Nn2c(-c3ccc(C(C)(C)C)cc3)nc3ccccc3c2=O)cc1. The van der Waals surface area contributed by atoms with Crippen molar-refractivity contribution in [3.05, 3.63) is 94.3 Å². The lowest BCUT2D eigenvalue weighted by atomic mass is 9.86. The van der Waals surface area contributed by atoms with Gasteiger partial charge in [0.15, 0.2) is 5.82 Å². The lowest BCUT2D eigenvalue weighted by Crippen LogP contribution is -2.35. The molecule has 0 saturated heterocycles. The third-order valence-electron chi connectivity index (χ3n) is 5.33. The van der Waals surface area contributed by atoms with Crippen LogP contribution in [0.1, 0.15) is 31.9 Å². The van der Waals surface area contributed by atoms with Gasteiger partial charge in [0.1, 0.15) is 0 Å². The molecule has 0 aliphatic heterocycles. The van der Waals surface area contributed by atoms with E-state index in [-0.39, 0.29) is 16.1 Å². The van der Waals surface area contributed by atoms with E-state index in [1.807, 2.05) is 31.2 Å². The molecule has 4 aromatic rings. The highest BCUT2D eigenvalue weighted by molar-refractivity contribution is 7.92. The molecule has 0 atom stereocenters. The maximum atomic E-state index is 13.3. The van der Waals surface area contributed by atoms with E-state index in [0.717, 1.165) is 15.8 Å².